The molecule has 1 aromatic rings. The molecule has 0 saturated heterocycles. The molecule has 0 heterocycles. The van der Waals surface area contributed by atoms with Gasteiger partial charge in [-0.25, -0.2) is 0 Å². The van der Waals surface area contributed by atoms with Crippen molar-refractivity contribution in [2.45, 2.75) is 70.4 Å². The number of benzene rings is 1. The van der Waals surface area contributed by atoms with E-state index in [1.165, 1.54) is 55.2 Å². The quantitative estimate of drug-likeness (QED) is 0.821. The minimum absolute atomic E-state index is 0.0000283. The van der Waals surface area contributed by atoms with E-state index < -0.39 is 0 Å². The highest BCUT2D eigenvalue weighted by molar-refractivity contribution is 5.34. The summed E-state index contributed by atoms with van der Waals surface area (Å²) in [5.74, 6) is 0. The molecule has 1 aliphatic rings. The third kappa shape index (κ3) is 3.67. The van der Waals surface area contributed by atoms with Crippen molar-refractivity contribution >= 4 is 0 Å². The van der Waals surface area contributed by atoms with Gasteiger partial charge in [-0.15, -0.1) is 0 Å². The smallest absolute Gasteiger partial charge is 0.0834 e. The third-order valence-corrected chi connectivity index (χ3v) is 5.39. The molecule has 0 bridgehead atoms. The molecule has 0 radical (unpaired) electrons. The Morgan fingerprint density at radius 1 is 1.10 bits per heavy atom. The number of ether oxygens (including phenoxy) is 1. The average molecular weight is 289 g/mol. The molecule has 2 heteroatoms. The van der Waals surface area contributed by atoms with Crippen LogP contribution in [0.15, 0.2) is 18.2 Å². The Balaban J connectivity index is 2.25. The first-order valence-corrected chi connectivity index (χ1v) is 8.40. The van der Waals surface area contributed by atoms with E-state index in [2.05, 4.69) is 44.4 Å². The molecule has 118 valence electrons. The summed E-state index contributed by atoms with van der Waals surface area (Å²) in [6.07, 6.45) is 8.70. The first-order chi connectivity index (χ1) is 10.1. The third-order valence-electron chi connectivity index (χ3n) is 5.39. The largest absolute Gasteiger partial charge is 0.377 e. The normalized spacial score (nSPS) is 20.0. The van der Waals surface area contributed by atoms with Gasteiger partial charge in [0.2, 0.25) is 0 Å². The Morgan fingerprint density at radius 3 is 2.14 bits per heavy atom. The Morgan fingerprint density at radius 2 is 1.67 bits per heavy atom. The summed E-state index contributed by atoms with van der Waals surface area (Å²) in [5, 5.41) is 3.57. The zero-order valence-corrected chi connectivity index (χ0v) is 14.2. The van der Waals surface area contributed by atoms with Gasteiger partial charge in [0, 0.05) is 13.2 Å². The van der Waals surface area contributed by atoms with Gasteiger partial charge in [0.05, 0.1) is 5.60 Å². The number of hydrogen-bond donors (Lipinski definition) is 1. The molecule has 1 N–H and O–H groups in total. The van der Waals surface area contributed by atoms with Gasteiger partial charge in [-0.2, -0.15) is 0 Å². The average Bonchev–Trinajstić information content (AvgIpc) is 2.73. The van der Waals surface area contributed by atoms with Gasteiger partial charge in [0.15, 0.2) is 0 Å². The molecule has 0 aromatic heterocycles. The summed E-state index contributed by atoms with van der Waals surface area (Å²) in [7, 11) is 3.99. The Kier molecular flexibility index (Phi) is 5.83. The van der Waals surface area contributed by atoms with E-state index in [0.717, 1.165) is 6.42 Å². The van der Waals surface area contributed by atoms with Crippen LogP contribution in [-0.4, -0.2) is 25.8 Å². The summed E-state index contributed by atoms with van der Waals surface area (Å²) in [6, 6.07) is 6.99. The fourth-order valence-corrected chi connectivity index (χ4v) is 3.95. The maximum absolute atomic E-state index is 6.10. The molecular weight excluding hydrogens is 258 g/mol. The summed E-state index contributed by atoms with van der Waals surface area (Å²) < 4.78 is 6.10. The van der Waals surface area contributed by atoms with Gasteiger partial charge in [-0.3, -0.25) is 0 Å². The number of aryl methyl sites for hydroxylation is 2. The topological polar surface area (TPSA) is 21.3 Å². The van der Waals surface area contributed by atoms with E-state index in [9.17, 15) is 0 Å². The SMILES string of the molecule is CNC(Cc1c(C)cccc1C)C1(OC)CCCCCC1. The van der Waals surface area contributed by atoms with Crippen LogP contribution in [0.25, 0.3) is 0 Å². The lowest BCUT2D eigenvalue weighted by Gasteiger charge is -2.40. The van der Waals surface area contributed by atoms with Crippen molar-refractivity contribution in [2.24, 2.45) is 0 Å². The fourth-order valence-electron chi connectivity index (χ4n) is 3.95. The van der Waals surface area contributed by atoms with Crippen molar-refractivity contribution in [3.63, 3.8) is 0 Å². The maximum Gasteiger partial charge on any atom is 0.0834 e. The van der Waals surface area contributed by atoms with Gasteiger partial charge < -0.3 is 10.1 Å². The second kappa shape index (κ2) is 7.42. The molecule has 1 fully saturated rings. The highest BCUT2D eigenvalue weighted by Gasteiger charge is 2.38. The number of rotatable bonds is 5. The Bertz CT molecular complexity index is 427. The zero-order chi connectivity index (χ0) is 15.3. The van der Waals surface area contributed by atoms with Gasteiger partial charge >= 0.3 is 0 Å². The van der Waals surface area contributed by atoms with Crippen LogP contribution in [0, 0.1) is 13.8 Å². The van der Waals surface area contributed by atoms with E-state index >= 15 is 0 Å². The first kappa shape index (κ1) is 16.5. The van der Waals surface area contributed by atoms with Crippen LogP contribution >= 0.6 is 0 Å². The van der Waals surface area contributed by atoms with Crippen LogP contribution in [0.5, 0.6) is 0 Å². The van der Waals surface area contributed by atoms with E-state index in [1.807, 2.05) is 7.11 Å². The van der Waals surface area contributed by atoms with Crippen LogP contribution < -0.4 is 5.32 Å². The van der Waals surface area contributed by atoms with Gasteiger partial charge in [-0.05, 0) is 56.8 Å². The molecule has 1 aromatic carbocycles. The maximum atomic E-state index is 6.10. The summed E-state index contributed by atoms with van der Waals surface area (Å²) in [4.78, 5) is 0. The lowest BCUT2D eigenvalue weighted by molar-refractivity contribution is -0.0509. The first-order valence-electron chi connectivity index (χ1n) is 8.40. The molecule has 0 amide bonds. The molecule has 21 heavy (non-hydrogen) atoms. The zero-order valence-electron chi connectivity index (χ0n) is 14.2. The number of nitrogens with one attached hydrogen (secondary N) is 1. The molecular formula is C19H31NO. The molecule has 2 nitrogen and oxygen atoms in total. The number of likely N-dealkylation sites (N-methyl/N-ethyl adjacent to an activating group) is 1. The summed E-state index contributed by atoms with van der Waals surface area (Å²) >= 11 is 0. The fraction of sp³-hybridized carbons (Fsp3) is 0.684. The van der Waals surface area contributed by atoms with Crippen molar-refractivity contribution in [1.82, 2.24) is 5.32 Å². The highest BCUT2D eigenvalue weighted by Crippen LogP contribution is 2.35. The summed E-state index contributed by atoms with van der Waals surface area (Å²) in [5.41, 5.74) is 4.28. The predicted molar refractivity (Wildman–Crippen MR) is 89.9 cm³/mol. The van der Waals surface area contributed by atoms with Crippen LogP contribution in [-0.2, 0) is 11.2 Å². The van der Waals surface area contributed by atoms with Crippen LogP contribution in [0.4, 0.5) is 0 Å². The monoisotopic (exact) mass is 289 g/mol. The highest BCUT2D eigenvalue weighted by atomic mass is 16.5. The standard InChI is InChI=1S/C19H31NO/c1-15-10-9-11-16(2)17(15)14-18(20-3)19(21-4)12-7-5-6-8-13-19/h9-11,18,20H,5-8,12-14H2,1-4H3. The lowest BCUT2D eigenvalue weighted by atomic mass is 9.81. The number of hydrogen-bond acceptors (Lipinski definition) is 2. The van der Waals surface area contributed by atoms with E-state index in [1.54, 1.807) is 0 Å². The van der Waals surface area contributed by atoms with Crippen LogP contribution in [0.1, 0.15) is 55.2 Å². The van der Waals surface area contributed by atoms with E-state index in [-0.39, 0.29) is 5.60 Å². The van der Waals surface area contributed by atoms with Crippen molar-refractivity contribution in [2.75, 3.05) is 14.2 Å². The van der Waals surface area contributed by atoms with Crippen molar-refractivity contribution in [3.8, 4) is 0 Å². The van der Waals surface area contributed by atoms with Crippen molar-refractivity contribution in [1.29, 1.82) is 0 Å². The Hall–Kier alpha value is -0.860. The molecule has 1 aliphatic carbocycles. The van der Waals surface area contributed by atoms with E-state index in [0.29, 0.717) is 6.04 Å². The minimum atomic E-state index is -0.0000283. The van der Waals surface area contributed by atoms with Gasteiger partial charge in [0.1, 0.15) is 0 Å². The lowest BCUT2D eigenvalue weighted by Crippen LogP contribution is -2.52. The molecule has 0 spiro atoms. The molecule has 1 saturated carbocycles. The minimum Gasteiger partial charge on any atom is -0.377 e. The summed E-state index contributed by atoms with van der Waals surface area (Å²) in [6.45, 7) is 4.45. The van der Waals surface area contributed by atoms with Crippen molar-refractivity contribution in [3.05, 3.63) is 34.9 Å². The van der Waals surface area contributed by atoms with Crippen molar-refractivity contribution < 1.29 is 4.74 Å². The predicted octanol–water partition coefficient (Wildman–Crippen LogP) is 4.17. The number of methoxy groups -OCH3 is 1. The molecule has 2 rings (SSSR count). The molecule has 1 atom stereocenters. The van der Waals surface area contributed by atoms with E-state index in [4.69, 9.17) is 4.74 Å². The van der Waals surface area contributed by atoms with Crippen LogP contribution in [0.2, 0.25) is 0 Å². The van der Waals surface area contributed by atoms with Crippen LogP contribution in [0.3, 0.4) is 0 Å². The van der Waals surface area contributed by atoms with Gasteiger partial charge in [-0.1, -0.05) is 43.9 Å². The second-order valence-corrected chi connectivity index (χ2v) is 6.60. The molecule has 1 unspecified atom stereocenters. The molecule has 0 aliphatic heterocycles. The second-order valence-electron chi connectivity index (χ2n) is 6.60. The van der Waals surface area contributed by atoms with Gasteiger partial charge in [0.25, 0.3) is 0 Å². The Labute approximate surface area is 130 Å².